The molecule has 0 aliphatic carbocycles. The van der Waals surface area contributed by atoms with Crippen LogP contribution in [0.2, 0.25) is 18.1 Å². The fraction of sp³-hybridized carbons (Fsp3) is 0.643. The molecule has 2 atom stereocenters. The maximum absolute atomic E-state index is 9.30. The number of fused-ring (bicyclic) bond motifs is 1. The quantitative estimate of drug-likeness (QED) is 0.198. The summed E-state index contributed by atoms with van der Waals surface area (Å²) in [5, 5.41) is 16.4. The third-order valence-corrected chi connectivity index (χ3v) is 12.7. The summed E-state index contributed by atoms with van der Waals surface area (Å²) < 4.78 is 26.1. The van der Waals surface area contributed by atoms with Crippen LogP contribution in [-0.4, -0.2) is 60.7 Å². The average molecular weight is 562 g/mol. The van der Waals surface area contributed by atoms with Gasteiger partial charge in [-0.15, -0.1) is 11.3 Å². The first kappa shape index (κ1) is 29.2. The molecule has 3 aromatic rings. The number of hydrogen-bond donors (Lipinski definition) is 1. The van der Waals surface area contributed by atoms with Gasteiger partial charge in [0, 0.05) is 24.8 Å². The highest BCUT2D eigenvalue weighted by molar-refractivity contribution is 7.15. The fourth-order valence-electron chi connectivity index (χ4n) is 4.07. The normalized spacial score (nSPS) is 17.7. The van der Waals surface area contributed by atoms with Gasteiger partial charge in [-0.05, 0) is 68.9 Å². The summed E-state index contributed by atoms with van der Waals surface area (Å²) in [7, 11) is -1.98. The minimum absolute atomic E-state index is 0.0586. The number of aliphatic hydroxyl groups is 1. The lowest BCUT2D eigenvalue weighted by Gasteiger charge is -2.36. The molecule has 8 nitrogen and oxygen atoms in total. The van der Waals surface area contributed by atoms with E-state index in [1.807, 2.05) is 10.9 Å². The highest BCUT2D eigenvalue weighted by Crippen LogP contribution is 2.40. The molecule has 0 amide bonds. The number of aromatic nitrogens is 3. The second-order valence-corrected chi connectivity index (χ2v) is 17.4. The van der Waals surface area contributed by atoms with Crippen LogP contribution >= 0.6 is 11.3 Å². The molecule has 1 fully saturated rings. The average Bonchev–Trinajstić information content (AvgIpc) is 3.47. The van der Waals surface area contributed by atoms with Crippen molar-refractivity contribution in [1.82, 2.24) is 14.8 Å². The molecule has 38 heavy (non-hydrogen) atoms. The summed E-state index contributed by atoms with van der Waals surface area (Å²) in [6, 6.07) is 6.33. The Morgan fingerprint density at radius 3 is 2.68 bits per heavy atom. The molecule has 0 spiro atoms. The first-order valence-corrected chi connectivity index (χ1v) is 17.4. The topological polar surface area (TPSA) is 87.9 Å². The van der Waals surface area contributed by atoms with Crippen LogP contribution in [0.15, 0.2) is 24.4 Å². The minimum atomic E-state index is -1.98. The molecule has 0 saturated carbocycles. The van der Waals surface area contributed by atoms with E-state index in [1.165, 1.54) is 0 Å². The Bertz CT molecular complexity index is 1180. The second kappa shape index (κ2) is 12.6. The molecule has 1 saturated heterocycles. The van der Waals surface area contributed by atoms with E-state index in [9.17, 15) is 5.11 Å². The zero-order chi connectivity index (χ0) is 27.3. The van der Waals surface area contributed by atoms with Crippen LogP contribution in [0.1, 0.15) is 64.6 Å². The van der Waals surface area contributed by atoms with Gasteiger partial charge in [0.25, 0.3) is 0 Å². The van der Waals surface area contributed by atoms with Gasteiger partial charge in [-0.1, -0.05) is 20.8 Å². The van der Waals surface area contributed by atoms with Gasteiger partial charge in [0.05, 0.1) is 36.3 Å². The number of aliphatic hydroxyl groups excluding tert-OH is 1. The van der Waals surface area contributed by atoms with E-state index in [2.05, 4.69) is 57.0 Å². The van der Waals surface area contributed by atoms with E-state index in [1.54, 1.807) is 18.3 Å². The van der Waals surface area contributed by atoms with Crippen molar-refractivity contribution >= 4 is 30.6 Å². The fourth-order valence-corrected chi connectivity index (χ4v) is 5.95. The lowest BCUT2D eigenvalue weighted by molar-refractivity contribution is -0.0365. The van der Waals surface area contributed by atoms with Crippen molar-refractivity contribution in [2.75, 3.05) is 26.4 Å². The van der Waals surface area contributed by atoms with Gasteiger partial charge in [-0.25, -0.2) is 9.67 Å². The summed E-state index contributed by atoms with van der Waals surface area (Å²) in [5.41, 5.74) is 1.95. The van der Waals surface area contributed by atoms with Gasteiger partial charge in [0.1, 0.15) is 16.5 Å². The van der Waals surface area contributed by atoms with Crippen molar-refractivity contribution in [3.05, 3.63) is 29.4 Å². The van der Waals surface area contributed by atoms with E-state index in [-0.39, 0.29) is 17.4 Å². The predicted octanol–water partition coefficient (Wildman–Crippen LogP) is 6.55. The molecule has 0 bridgehead atoms. The van der Waals surface area contributed by atoms with Crippen molar-refractivity contribution < 1.29 is 23.7 Å². The summed E-state index contributed by atoms with van der Waals surface area (Å²) >= 11 is 1.60. The van der Waals surface area contributed by atoms with Crippen LogP contribution in [0.4, 0.5) is 0 Å². The molecule has 2 aromatic heterocycles. The van der Waals surface area contributed by atoms with Crippen LogP contribution in [0.3, 0.4) is 0 Å². The molecule has 1 aliphatic rings. The molecule has 210 valence electrons. The standard InChI is InChI=1S/C28H43N3O5SSi/c1-20(32)12-14-33-15-16-34-19-25-29-18-24(37-25)27-22-17-21(36-38(5,6)28(2,3)4)10-11-23(22)31(30-27)26-9-7-8-13-35-26/h10-11,17-18,20,26,32H,7-9,12-16,19H2,1-6H3/t20-,26?/m1/s1. The highest BCUT2D eigenvalue weighted by Gasteiger charge is 2.39. The number of ether oxygens (including phenoxy) is 3. The molecular formula is C28H43N3O5SSi. The molecule has 4 rings (SSSR count). The zero-order valence-electron chi connectivity index (χ0n) is 23.7. The van der Waals surface area contributed by atoms with Crippen molar-refractivity contribution in [1.29, 1.82) is 0 Å². The molecule has 1 unspecified atom stereocenters. The SMILES string of the molecule is C[C@@H](O)CCOCCOCc1ncc(-c2nn(C3CCCCO3)c3ccc(O[Si](C)(C)C(C)(C)C)cc23)s1. The predicted molar refractivity (Wildman–Crippen MR) is 154 cm³/mol. The number of nitrogens with zero attached hydrogens (tertiary/aromatic N) is 3. The Balaban J connectivity index is 1.54. The van der Waals surface area contributed by atoms with Crippen LogP contribution in [0.25, 0.3) is 21.5 Å². The summed E-state index contributed by atoms with van der Waals surface area (Å²) in [6.07, 6.45) is 5.30. The molecule has 0 radical (unpaired) electrons. The van der Waals surface area contributed by atoms with Crippen molar-refractivity contribution in [3.63, 3.8) is 0 Å². The van der Waals surface area contributed by atoms with Gasteiger partial charge in [0.2, 0.25) is 8.32 Å². The number of rotatable bonds is 12. The first-order chi connectivity index (χ1) is 18.0. The van der Waals surface area contributed by atoms with E-state index < -0.39 is 8.32 Å². The Morgan fingerprint density at radius 2 is 1.97 bits per heavy atom. The first-order valence-electron chi connectivity index (χ1n) is 13.7. The van der Waals surface area contributed by atoms with Crippen molar-refractivity contribution in [2.45, 2.75) is 90.4 Å². The van der Waals surface area contributed by atoms with Gasteiger partial charge in [-0.2, -0.15) is 5.10 Å². The van der Waals surface area contributed by atoms with E-state index >= 15 is 0 Å². The second-order valence-electron chi connectivity index (χ2n) is 11.6. The Labute approximate surface area is 231 Å². The van der Waals surface area contributed by atoms with Crippen LogP contribution in [-0.2, 0) is 20.8 Å². The Kier molecular flexibility index (Phi) is 9.65. The van der Waals surface area contributed by atoms with E-state index in [4.69, 9.17) is 23.7 Å². The lowest BCUT2D eigenvalue weighted by Crippen LogP contribution is -2.43. The highest BCUT2D eigenvalue weighted by atomic mass is 32.1. The monoisotopic (exact) mass is 561 g/mol. The third-order valence-electron chi connectivity index (χ3n) is 7.35. The van der Waals surface area contributed by atoms with Crippen molar-refractivity contribution in [3.8, 4) is 16.3 Å². The summed E-state index contributed by atoms with van der Waals surface area (Å²) in [4.78, 5) is 5.61. The van der Waals surface area contributed by atoms with Gasteiger partial charge < -0.3 is 23.7 Å². The number of benzene rings is 1. The van der Waals surface area contributed by atoms with E-state index in [0.29, 0.717) is 32.8 Å². The Hall–Kier alpha value is -1.82. The third kappa shape index (κ3) is 7.22. The molecule has 3 heterocycles. The zero-order valence-corrected chi connectivity index (χ0v) is 25.5. The minimum Gasteiger partial charge on any atom is -0.543 e. The number of thiazole rings is 1. The maximum atomic E-state index is 9.30. The van der Waals surface area contributed by atoms with E-state index in [0.717, 1.165) is 58.1 Å². The van der Waals surface area contributed by atoms with Gasteiger partial charge >= 0.3 is 0 Å². The molecular weight excluding hydrogens is 518 g/mol. The van der Waals surface area contributed by atoms with Crippen LogP contribution in [0.5, 0.6) is 5.75 Å². The summed E-state index contributed by atoms with van der Waals surface area (Å²) in [6.45, 7) is 15.8. The Morgan fingerprint density at radius 1 is 1.18 bits per heavy atom. The molecule has 1 aromatic carbocycles. The smallest absolute Gasteiger partial charge is 0.250 e. The summed E-state index contributed by atoms with van der Waals surface area (Å²) in [5.74, 6) is 0.887. The molecule has 1 aliphatic heterocycles. The lowest BCUT2D eigenvalue weighted by atomic mass is 10.1. The largest absolute Gasteiger partial charge is 0.543 e. The van der Waals surface area contributed by atoms with Crippen LogP contribution in [0, 0.1) is 0 Å². The van der Waals surface area contributed by atoms with Gasteiger partial charge in [0.15, 0.2) is 6.23 Å². The maximum Gasteiger partial charge on any atom is 0.250 e. The van der Waals surface area contributed by atoms with Gasteiger partial charge in [-0.3, -0.25) is 0 Å². The molecule has 1 N–H and O–H groups in total. The number of hydrogen-bond acceptors (Lipinski definition) is 8. The van der Waals surface area contributed by atoms with Crippen molar-refractivity contribution in [2.24, 2.45) is 0 Å². The van der Waals surface area contributed by atoms with Crippen LogP contribution < -0.4 is 4.43 Å². The molecule has 10 heteroatoms.